The molecule has 1 aliphatic carbocycles. The van der Waals surface area contributed by atoms with Crippen LogP contribution in [0.15, 0.2) is 12.5 Å². The summed E-state index contributed by atoms with van der Waals surface area (Å²) in [5.74, 6) is 1.31. The highest BCUT2D eigenvalue weighted by Gasteiger charge is 2.27. The third-order valence-corrected chi connectivity index (χ3v) is 4.07. The second-order valence-electron chi connectivity index (χ2n) is 5.06. The Morgan fingerprint density at radius 3 is 2.62 bits per heavy atom. The molecule has 90 valence electrons. The van der Waals surface area contributed by atoms with Gasteiger partial charge >= 0.3 is 0 Å². The fourth-order valence-corrected chi connectivity index (χ4v) is 2.81. The van der Waals surface area contributed by atoms with E-state index in [0.29, 0.717) is 5.92 Å². The molecule has 16 heavy (non-hydrogen) atoms. The van der Waals surface area contributed by atoms with Crippen molar-refractivity contribution in [3.63, 3.8) is 0 Å². The van der Waals surface area contributed by atoms with Crippen LogP contribution in [-0.2, 0) is 7.05 Å². The van der Waals surface area contributed by atoms with E-state index in [0.717, 1.165) is 24.5 Å². The summed E-state index contributed by atoms with van der Waals surface area (Å²) in [5, 5.41) is 10.3. The van der Waals surface area contributed by atoms with Crippen LogP contribution in [0.2, 0.25) is 0 Å². The Labute approximate surface area is 97.5 Å². The Balaban J connectivity index is 1.97. The molecule has 1 N–H and O–H groups in total. The lowest BCUT2D eigenvalue weighted by atomic mass is 9.78. The number of aliphatic hydroxyl groups excluding tert-OH is 1. The molecule has 3 nitrogen and oxygen atoms in total. The van der Waals surface area contributed by atoms with Crippen LogP contribution in [0.25, 0.3) is 0 Å². The van der Waals surface area contributed by atoms with Crippen molar-refractivity contribution >= 4 is 0 Å². The van der Waals surface area contributed by atoms with Crippen LogP contribution in [-0.4, -0.2) is 14.7 Å². The number of rotatable bonds is 3. The molecule has 1 unspecified atom stereocenters. The van der Waals surface area contributed by atoms with Gasteiger partial charge in [-0.2, -0.15) is 0 Å². The van der Waals surface area contributed by atoms with E-state index < -0.39 is 0 Å². The summed E-state index contributed by atoms with van der Waals surface area (Å²) < 4.78 is 1.93. The number of imidazole rings is 1. The highest BCUT2D eigenvalue weighted by Crippen LogP contribution is 2.37. The van der Waals surface area contributed by atoms with E-state index in [2.05, 4.69) is 11.9 Å². The first-order valence-electron chi connectivity index (χ1n) is 6.36. The normalized spacial score (nSPS) is 27.9. The molecule has 0 radical (unpaired) electrons. The standard InChI is InChI=1S/C13H22N2O/c1-3-10-4-6-11(7-5-10)13(16)12-8-14-9-15(12)2/h8-11,13,16H,3-7H2,1-2H3. The molecule has 3 heteroatoms. The van der Waals surface area contributed by atoms with Crippen molar-refractivity contribution in [3.8, 4) is 0 Å². The Kier molecular flexibility index (Phi) is 3.64. The highest BCUT2D eigenvalue weighted by molar-refractivity contribution is 5.04. The number of hydrogen-bond donors (Lipinski definition) is 1. The molecule has 0 bridgehead atoms. The molecule has 0 spiro atoms. The van der Waals surface area contributed by atoms with Gasteiger partial charge in [0.1, 0.15) is 0 Å². The van der Waals surface area contributed by atoms with E-state index >= 15 is 0 Å². The maximum absolute atomic E-state index is 10.3. The Morgan fingerprint density at radius 1 is 1.44 bits per heavy atom. The zero-order valence-corrected chi connectivity index (χ0v) is 10.3. The molecule has 1 saturated carbocycles. The molecule has 1 aliphatic rings. The molecule has 1 atom stereocenters. The minimum Gasteiger partial charge on any atom is -0.387 e. The Hall–Kier alpha value is -0.830. The molecule has 0 saturated heterocycles. The van der Waals surface area contributed by atoms with Crippen LogP contribution in [0.3, 0.4) is 0 Å². The zero-order valence-electron chi connectivity index (χ0n) is 10.3. The molecular weight excluding hydrogens is 200 g/mol. The van der Waals surface area contributed by atoms with Crippen molar-refractivity contribution in [1.82, 2.24) is 9.55 Å². The van der Waals surface area contributed by atoms with Crippen molar-refractivity contribution < 1.29 is 5.11 Å². The van der Waals surface area contributed by atoms with Gasteiger partial charge in [0.25, 0.3) is 0 Å². The van der Waals surface area contributed by atoms with E-state index in [-0.39, 0.29) is 6.10 Å². The van der Waals surface area contributed by atoms with E-state index in [1.54, 1.807) is 12.5 Å². The molecule has 0 aromatic carbocycles. The van der Waals surface area contributed by atoms with Gasteiger partial charge in [0.05, 0.1) is 24.3 Å². The van der Waals surface area contributed by atoms with Gasteiger partial charge in [-0.05, 0) is 24.7 Å². The van der Waals surface area contributed by atoms with Crippen LogP contribution in [0.4, 0.5) is 0 Å². The SMILES string of the molecule is CCC1CCC(C(O)c2cncn2C)CC1. The van der Waals surface area contributed by atoms with Gasteiger partial charge in [0, 0.05) is 7.05 Å². The predicted octanol–water partition coefficient (Wildman–Crippen LogP) is 2.67. The van der Waals surface area contributed by atoms with E-state index in [1.165, 1.54) is 19.3 Å². The highest BCUT2D eigenvalue weighted by atomic mass is 16.3. The summed E-state index contributed by atoms with van der Waals surface area (Å²) in [6.07, 6.45) is 9.37. The number of aromatic nitrogens is 2. The summed E-state index contributed by atoms with van der Waals surface area (Å²) in [5.41, 5.74) is 0.958. The minimum absolute atomic E-state index is 0.328. The molecular formula is C13H22N2O. The van der Waals surface area contributed by atoms with Gasteiger partial charge in [0.2, 0.25) is 0 Å². The van der Waals surface area contributed by atoms with Gasteiger partial charge < -0.3 is 9.67 Å². The van der Waals surface area contributed by atoms with E-state index in [4.69, 9.17) is 0 Å². The quantitative estimate of drug-likeness (QED) is 0.853. The predicted molar refractivity (Wildman–Crippen MR) is 63.9 cm³/mol. The molecule has 2 rings (SSSR count). The molecule has 1 heterocycles. The van der Waals surface area contributed by atoms with Crippen LogP contribution < -0.4 is 0 Å². The first kappa shape index (κ1) is 11.6. The summed E-state index contributed by atoms with van der Waals surface area (Å²) in [4.78, 5) is 4.07. The van der Waals surface area contributed by atoms with Crippen molar-refractivity contribution in [2.24, 2.45) is 18.9 Å². The van der Waals surface area contributed by atoms with Crippen LogP contribution in [0, 0.1) is 11.8 Å². The number of hydrogen-bond acceptors (Lipinski definition) is 2. The van der Waals surface area contributed by atoms with Crippen molar-refractivity contribution in [2.45, 2.75) is 45.1 Å². The average molecular weight is 222 g/mol. The summed E-state index contributed by atoms with van der Waals surface area (Å²) in [6, 6.07) is 0. The Morgan fingerprint density at radius 2 is 2.12 bits per heavy atom. The molecule has 1 aromatic rings. The monoisotopic (exact) mass is 222 g/mol. The summed E-state index contributed by atoms with van der Waals surface area (Å²) in [7, 11) is 1.95. The lowest BCUT2D eigenvalue weighted by molar-refractivity contribution is 0.0673. The van der Waals surface area contributed by atoms with Gasteiger partial charge in [-0.3, -0.25) is 0 Å². The van der Waals surface area contributed by atoms with Crippen molar-refractivity contribution in [1.29, 1.82) is 0 Å². The molecule has 1 aromatic heterocycles. The smallest absolute Gasteiger partial charge is 0.0983 e. The van der Waals surface area contributed by atoms with Gasteiger partial charge in [-0.1, -0.05) is 26.2 Å². The topological polar surface area (TPSA) is 38.1 Å². The van der Waals surface area contributed by atoms with Gasteiger partial charge in [0.15, 0.2) is 0 Å². The minimum atomic E-state index is -0.328. The van der Waals surface area contributed by atoms with Gasteiger partial charge in [-0.25, -0.2) is 4.98 Å². The first-order chi connectivity index (χ1) is 7.72. The van der Waals surface area contributed by atoms with Gasteiger partial charge in [-0.15, -0.1) is 0 Å². The number of aryl methyl sites for hydroxylation is 1. The first-order valence-corrected chi connectivity index (χ1v) is 6.36. The van der Waals surface area contributed by atoms with Crippen LogP contribution in [0.1, 0.15) is 50.8 Å². The van der Waals surface area contributed by atoms with Crippen LogP contribution in [0.5, 0.6) is 0 Å². The second kappa shape index (κ2) is 5.00. The Bertz CT molecular complexity index is 326. The zero-order chi connectivity index (χ0) is 11.5. The third-order valence-electron chi connectivity index (χ3n) is 4.07. The maximum Gasteiger partial charge on any atom is 0.0983 e. The molecule has 1 fully saturated rings. The van der Waals surface area contributed by atoms with E-state index in [9.17, 15) is 5.11 Å². The van der Waals surface area contributed by atoms with Crippen LogP contribution >= 0.6 is 0 Å². The lowest BCUT2D eigenvalue weighted by Gasteiger charge is -2.31. The summed E-state index contributed by atoms with van der Waals surface area (Å²) in [6.45, 7) is 2.27. The third kappa shape index (κ3) is 2.29. The number of aliphatic hydroxyl groups is 1. The fraction of sp³-hybridized carbons (Fsp3) is 0.769. The van der Waals surface area contributed by atoms with Crippen molar-refractivity contribution in [3.05, 3.63) is 18.2 Å². The number of nitrogens with zero attached hydrogens (tertiary/aromatic N) is 2. The maximum atomic E-state index is 10.3. The average Bonchev–Trinajstić information content (AvgIpc) is 2.75. The summed E-state index contributed by atoms with van der Waals surface area (Å²) >= 11 is 0. The molecule has 0 aliphatic heterocycles. The largest absolute Gasteiger partial charge is 0.387 e. The lowest BCUT2D eigenvalue weighted by Crippen LogP contribution is -2.21. The van der Waals surface area contributed by atoms with E-state index in [1.807, 2.05) is 11.6 Å². The molecule has 0 amide bonds. The van der Waals surface area contributed by atoms with Crippen molar-refractivity contribution in [2.75, 3.05) is 0 Å². The fourth-order valence-electron chi connectivity index (χ4n) is 2.81. The second-order valence-corrected chi connectivity index (χ2v) is 5.06.